The largest absolute Gasteiger partial charge is 0.492 e. The van der Waals surface area contributed by atoms with Gasteiger partial charge < -0.3 is 10.5 Å². The fraction of sp³-hybridized carbons (Fsp3) is 0.353. The number of thiophene rings is 1. The summed E-state index contributed by atoms with van der Waals surface area (Å²) in [5.41, 5.74) is 6.65. The lowest BCUT2D eigenvalue weighted by atomic mass is 10.0. The van der Waals surface area contributed by atoms with Crippen LogP contribution in [0.5, 0.6) is 5.75 Å². The van der Waals surface area contributed by atoms with Crippen LogP contribution in [0, 0.1) is 0 Å². The molecule has 0 saturated carbocycles. The van der Waals surface area contributed by atoms with Crippen LogP contribution in [-0.4, -0.2) is 30.5 Å². The maximum atomic E-state index is 11.3. The topological polar surface area (TPSA) is 55.6 Å². The molecular formula is C17H19ClN2O2S. The maximum absolute atomic E-state index is 11.3. The quantitative estimate of drug-likeness (QED) is 0.897. The molecule has 1 aromatic heterocycles. The molecule has 0 fully saturated rings. The highest BCUT2D eigenvalue weighted by Gasteiger charge is 2.26. The molecule has 2 aromatic rings. The van der Waals surface area contributed by atoms with Crippen LogP contribution in [0.15, 0.2) is 30.3 Å². The van der Waals surface area contributed by atoms with Crippen molar-refractivity contribution in [1.29, 1.82) is 0 Å². The molecule has 0 aliphatic carbocycles. The minimum Gasteiger partial charge on any atom is -0.492 e. The van der Waals surface area contributed by atoms with Gasteiger partial charge in [0.15, 0.2) is 0 Å². The molecule has 23 heavy (non-hydrogen) atoms. The average Bonchev–Trinajstić information content (AvgIpc) is 2.97. The van der Waals surface area contributed by atoms with Crippen LogP contribution in [0.3, 0.4) is 0 Å². The molecule has 1 unspecified atom stereocenters. The third kappa shape index (κ3) is 3.68. The Bertz CT molecular complexity index is 699. The van der Waals surface area contributed by atoms with E-state index in [2.05, 4.69) is 11.8 Å². The van der Waals surface area contributed by atoms with Crippen molar-refractivity contribution in [1.82, 2.24) is 4.90 Å². The predicted octanol–water partition coefficient (Wildman–Crippen LogP) is 3.50. The number of rotatable bonds is 5. The van der Waals surface area contributed by atoms with Crippen LogP contribution in [0.25, 0.3) is 0 Å². The van der Waals surface area contributed by atoms with Gasteiger partial charge in [-0.05, 0) is 49.2 Å². The number of primary amides is 1. The van der Waals surface area contributed by atoms with E-state index in [1.807, 2.05) is 30.3 Å². The van der Waals surface area contributed by atoms with Gasteiger partial charge in [-0.2, -0.15) is 0 Å². The van der Waals surface area contributed by atoms with Crippen molar-refractivity contribution in [2.24, 2.45) is 5.73 Å². The number of carbonyl (C=O) groups is 1. The first kappa shape index (κ1) is 16.3. The first-order valence-corrected chi connectivity index (χ1v) is 8.79. The maximum Gasteiger partial charge on any atom is 0.258 e. The van der Waals surface area contributed by atoms with Gasteiger partial charge in [0.25, 0.3) is 5.91 Å². The normalized spacial score (nSPS) is 17.7. The molecule has 2 heterocycles. The predicted molar refractivity (Wildman–Crippen MR) is 93.5 cm³/mol. The van der Waals surface area contributed by atoms with Gasteiger partial charge in [-0.1, -0.05) is 11.6 Å². The summed E-state index contributed by atoms with van der Waals surface area (Å²) >= 11 is 7.38. The molecule has 0 bridgehead atoms. The molecule has 0 saturated heterocycles. The summed E-state index contributed by atoms with van der Waals surface area (Å²) < 4.78 is 5.77. The van der Waals surface area contributed by atoms with Crippen LogP contribution in [0.1, 0.15) is 33.1 Å². The molecule has 1 aliphatic rings. The Hall–Kier alpha value is -1.56. The number of carbonyl (C=O) groups excluding carboxylic acids is 1. The van der Waals surface area contributed by atoms with Crippen molar-refractivity contribution in [3.05, 3.63) is 50.7 Å². The number of amides is 1. The molecular weight excluding hydrogens is 332 g/mol. The molecule has 6 heteroatoms. The lowest BCUT2D eigenvalue weighted by Gasteiger charge is -2.33. The number of fused-ring (bicyclic) bond motifs is 1. The molecule has 1 amide bonds. The van der Waals surface area contributed by atoms with Crippen molar-refractivity contribution in [3.8, 4) is 5.75 Å². The number of benzene rings is 1. The SMILES string of the molecule is CC1c2sc(C(N)=O)cc2CCN1CCOc1ccc(Cl)cc1. The van der Waals surface area contributed by atoms with Gasteiger partial charge in [-0.15, -0.1) is 11.3 Å². The monoisotopic (exact) mass is 350 g/mol. The van der Waals surface area contributed by atoms with E-state index in [0.717, 1.165) is 25.3 Å². The highest BCUT2D eigenvalue weighted by molar-refractivity contribution is 7.14. The Kier molecular flexibility index (Phi) is 4.90. The van der Waals surface area contributed by atoms with Gasteiger partial charge in [0, 0.05) is 29.0 Å². The van der Waals surface area contributed by atoms with Gasteiger partial charge >= 0.3 is 0 Å². The van der Waals surface area contributed by atoms with E-state index >= 15 is 0 Å². The summed E-state index contributed by atoms with van der Waals surface area (Å²) in [5, 5.41) is 0.706. The Labute approximate surface area is 144 Å². The lowest BCUT2D eigenvalue weighted by molar-refractivity contribution is 0.100. The molecule has 2 N–H and O–H groups in total. The van der Waals surface area contributed by atoms with E-state index in [1.165, 1.54) is 21.8 Å². The smallest absolute Gasteiger partial charge is 0.258 e. The van der Waals surface area contributed by atoms with E-state index in [9.17, 15) is 4.79 Å². The number of nitrogens with two attached hydrogens (primary N) is 1. The summed E-state index contributed by atoms with van der Waals surface area (Å²) in [4.78, 5) is 15.6. The zero-order valence-corrected chi connectivity index (χ0v) is 14.5. The van der Waals surface area contributed by atoms with Crippen molar-refractivity contribution in [2.45, 2.75) is 19.4 Å². The summed E-state index contributed by atoms with van der Waals surface area (Å²) in [6.07, 6.45) is 0.949. The van der Waals surface area contributed by atoms with Crippen LogP contribution in [0.4, 0.5) is 0 Å². The van der Waals surface area contributed by atoms with E-state index in [0.29, 0.717) is 16.5 Å². The van der Waals surface area contributed by atoms with Crippen LogP contribution in [-0.2, 0) is 6.42 Å². The molecule has 3 rings (SSSR count). The summed E-state index contributed by atoms with van der Waals surface area (Å²) in [6, 6.07) is 9.62. The fourth-order valence-electron chi connectivity index (χ4n) is 2.85. The summed E-state index contributed by atoms with van der Waals surface area (Å²) in [6.45, 7) is 4.59. The summed E-state index contributed by atoms with van der Waals surface area (Å²) in [5.74, 6) is 0.487. The zero-order chi connectivity index (χ0) is 16.4. The van der Waals surface area contributed by atoms with Gasteiger partial charge in [-0.3, -0.25) is 9.69 Å². The third-order valence-corrected chi connectivity index (χ3v) is 5.76. The Morgan fingerprint density at radius 1 is 1.43 bits per heavy atom. The molecule has 0 spiro atoms. The molecule has 1 aliphatic heterocycles. The van der Waals surface area contributed by atoms with Crippen molar-refractivity contribution < 1.29 is 9.53 Å². The van der Waals surface area contributed by atoms with Gasteiger partial charge in [0.05, 0.1) is 4.88 Å². The number of hydrogen-bond acceptors (Lipinski definition) is 4. The van der Waals surface area contributed by atoms with Crippen LogP contribution >= 0.6 is 22.9 Å². The summed E-state index contributed by atoms with van der Waals surface area (Å²) in [7, 11) is 0. The van der Waals surface area contributed by atoms with Crippen LogP contribution in [0.2, 0.25) is 5.02 Å². The van der Waals surface area contributed by atoms with Gasteiger partial charge in [0.1, 0.15) is 12.4 Å². The number of hydrogen-bond donors (Lipinski definition) is 1. The second kappa shape index (κ2) is 6.91. The van der Waals surface area contributed by atoms with E-state index in [1.54, 1.807) is 0 Å². The highest BCUT2D eigenvalue weighted by atomic mass is 35.5. The van der Waals surface area contributed by atoms with E-state index in [-0.39, 0.29) is 11.9 Å². The molecule has 1 aromatic carbocycles. The minimum atomic E-state index is -0.339. The van der Waals surface area contributed by atoms with E-state index in [4.69, 9.17) is 22.1 Å². The van der Waals surface area contributed by atoms with E-state index < -0.39 is 0 Å². The standard InChI is InChI=1S/C17H19ClN2O2S/c1-11-16-12(10-15(23-16)17(19)21)6-7-20(11)8-9-22-14-4-2-13(18)3-5-14/h2-5,10-11H,6-9H2,1H3,(H2,19,21). The van der Waals surface area contributed by atoms with Gasteiger partial charge in [0.2, 0.25) is 0 Å². The average molecular weight is 351 g/mol. The molecule has 4 nitrogen and oxygen atoms in total. The zero-order valence-electron chi connectivity index (χ0n) is 12.9. The number of ether oxygens (including phenoxy) is 1. The number of halogens is 1. The van der Waals surface area contributed by atoms with Gasteiger partial charge in [-0.25, -0.2) is 0 Å². The van der Waals surface area contributed by atoms with Crippen LogP contribution < -0.4 is 10.5 Å². The molecule has 122 valence electrons. The second-order valence-electron chi connectivity index (χ2n) is 5.63. The molecule has 1 atom stereocenters. The van der Waals surface area contributed by atoms with Crippen molar-refractivity contribution in [2.75, 3.05) is 19.7 Å². The third-order valence-electron chi connectivity index (χ3n) is 4.14. The Balaban J connectivity index is 1.59. The molecule has 0 radical (unpaired) electrons. The van der Waals surface area contributed by atoms with Crippen molar-refractivity contribution in [3.63, 3.8) is 0 Å². The lowest BCUT2D eigenvalue weighted by Crippen LogP contribution is -2.36. The Morgan fingerprint density at radius 3 is 2.87 bits per heavy atom. The minimum absolute atomic E-state index is 0.283. The Morgan fingerprint density at radius 2 is 2.17 bits per heavy atom. The fourth-order valence-corrected chi connectivity index (χ4v) is 4.13. The first-order valence-electron chi connectivity index (χ1n) is 7.59. The second-order valence-corrected chi connectivity index (χ2v) is 7.15. The van der Waals surface area contributed by atoms with Crippen molar-refractivity contribution >= 4 is 28.8 Å². The number of nitrogens with zero attached hydrogens (tertiary/aromatic N) is 1. The first-order chi connectivity index (χ1) is 11.0. The highest BCUT2D eigenvalue weighted by Crippen LogP contribution is 2.35.